The third kappa shape index (κ3) is 4.02. The third-order valence-electron chi connectivity index (χ3n) is 4.34. The molecule has 3 rings (SSSR count). The lowest BCUT2D eigenvalue weighted by atomic mass is 9.73. The molecule has 1 aromatic heterocycles. The monoisotopic (exact) mass is 349 g/mol. The summed E-state index contributed by atoms with van der Waals surface area (Å²) in [5, 5.41) is 18.3. The number of fused-ring (bicyclic) bond motifs is 1. The number of hydrogen-bond acceptors (Lipinski definition) is 5. The van der Waals surface area contributed by atoms with Gasteiger partial charge in [-0.15, -0.1) is 5.10 Å². The van der Waals surface area contributed by atoms with E-state index in [1.54, 1.807) is 12.1 Å². The molecule has 26 heavy (non-hydrogen) atoms. The van der Waals surface area contributed by atoms with Crippen molar-refractivity contribution in [2.24, 2.45) is 0 Å². The highest BCUT2D eigenvalue weighted by Crippen LogP contribution is 2.44. The quantitative estimate of drug-likeness (QED) is 0.775. The van der Waals surface area contributed by atoms with Gasteiger partial charge in [0.05, 0.1) is 5.69 Å². The molecule has 1 aromatic carbocycles. The summed E-state index contributed by atoms with van der Waals surface area (Å²) in [5.74, 6) is 5.78. The summed E-state index contributed by atoms with van der Waals surface area (Å²) < 4.78 is 6.09. The number of rotatable bonds is 2. The average Bonchev–Trinajstić information content (AvgIpc) is 2.52. The maximum Gasteiger partial charge on any atom is 0.136 e. The molecule has 5 heteroatoms. The van der Waals surface area contributed by atoms with Crippen LogP contribution >= 0.6 is 0 Å². The van der Waals surface area contributed by atoms with Gasteiger partial charge in [-0.25, -0.2) is 0 Å². The zero-order valence-electron chi connectivity index (χ0n) is 15.4. The van der Waals surface area contributed by atoms with E-state index in [1.807, 2.05) is 12.1 Å². The smallest absolute Gasteiger partial charge is 0.136 e. The van der Waals surface area contributed by atoms with Gasteiger partial charge in [-0.2, -0.15) is 5.10 Å². The number of aliphatic carboxylic acids is 1. The van der Waals surface area contributed by atoms with Crippen LogP contribution in [0.25, 0.3) is 0 Å². The summed E-state index contributed by atoms with van der Waals surface area (Å²) in [7, 11) is 0. The first kappa shape index (κ1) is 17.9. The Bertz CT molecular complexity index is 903. The molecule has 134 valence electrons. The van der Waals surface area contributed by atoms with Crippen LogP contribution in [0.15, 0.2) is 30.3 Å². The molecule has 0 amide bonds. The predicted molar refractivity (Wildman–Crippen MR) is 95.5 cm³/mol. The van der Waals surface area contributed by atoms with Crippen LogP contribution < -0.4 is 9.84 Å². The molecule has 2 aromatic rings. The largest absolute Gasteiger partial charge is 0.550 e. The highest BCUT2D eigenvalue weighted by atomic mass is 16.5. The number of carboxylic acids is 1. The lowest BCUT2D eigenvalue weighted by Crippen LogP contribution is -2.41. The van der Waals surface area contributed by atoms with Crippen LogP contribution in [-0.2, 0) is 16.6 Å². The number of carbonyl (C=O) groups excluding carboxylic acids is 1. The normalized spacial score (nSPS) is 16.6. The van der Waals surface area contributed by atoms with Crippen LogP contribution in [0.4, 0.5) is 0 Å². The number of carboxylic acid groups (broad SMARTS) is 1. The van der Waals surface area contributed by atoms with Crippen LogP contribution in [0.1, 0.15) is 56.6 Å². The highest BCUT2D eigenvalue weighted by Gasteiger charge is 2.38. The van der Waals surface area contributed by atoms with Gasteiger partial charge in [0.2, 0.25) is 0 Å². The maximum atomic E-state index is 10.6. The SMILES string of the molecule is CC1(C)CC(C)(C)c2cc(C#Cc3ccc(CC(=O)[O-])nn3)ccc2O1. The zero-order valence-corrected chi connectivity index (χ0v) is 15.4. The lowest BCUT2D eigenvalue weighted by molar-refractivity contribution is -0.304. The van der Waals surface area contributed by atoms with E-state index < -0.39 is 5.97 Å². The Morgan fingerprint density at radius 2 is 1.92 bits per heavy atom. The summed E-state index contributed by atoms with van der Waals surface area (Å²) in [6.07, 6.45) is 0.673. The van der Waals surface area contributed by atoms with E-state index in [0.717, 1.165) is 23.3 Å². The van der Waals surface area contributed by atoms with Crippen LogP contribution in [-0.4, -0.2) is 21.8 Å². The van der Waals surface area contributed by atoms with E-state index in [1.165, 1.54) is 0 Å². The number of carbonyl (C=O) groups is 1. The molecule has 0 atom stereocenters. The van der Waals surface area contributed by atoms with Crippen molar-refractivity contribution >= 4 is 5.97 Å². The molecule has 0 fully saturated rings. The van der Waals surface area contributed by atoms with Gasteiger partial charge in [0.15, 0.2) is 0 Å². The van der Waals surface area contributed by atoms with Gasteiger partial charge >= 0.3 is 0 Å². The molecule has 0 saturated carbocycles. The van der Waals surface area contributed by atoms with Crippen LogP contribution in [0.2, 0.25) is 0 Å². The number of ether oxygens (including phenoxy) is 1. The fourth-order valence-corrected chi connectivity index (χ4v) is 3.52. The zero-order chi connectivity index (χ0) is 18.9. The van der Waals surface area contributed by atoms with Gasteiger partial charge in [0.1, 0.15) is 17.0 Å². The molecule has 0 aliphatic carbocycles. The first-order chi connectivity index (χ1) is 12.1. The Morgan fingerprint density at radius 1 is 1.15 bits per heavy atom. The van der Waals surface area contributed by atoms with Crippen LogP contribution in [0, 0.1) is 11.8 Å². The van der Waals surface area contributed by atoms with Crippen molar-refractivity contribution in [3.8, 4) is 17.6 Å². The Labute approximate surface area is 153 Å². The van der Waals surface area contributed by atoms with Gasteiger partial charge in [-0.3, -0.25) is 0 Å². The Balaban J connectivity index is 1.85. The van der Waals surface area contributed by atoms with Gasteiger partial charge in [0, 0.05) is 23.5 Å². The van der Waals surface area contributed by atoms with Crippen molar-refractivity contribution in [3.05, 3.63) is 52.8 Å². The second-order valence-corrected chi connectivity index (χ2v) is 7.84. The number of benzene rings is 1. The maximum absolute atomic E-state index is 10.6. The van der Waals surface area contributed by atoms with Gasteiger partial charge in [-0.1, -0.05) is 19.8 Å². The van der Waals surface area contributed by atoms with Crippen molar-refractivity contribution < 1.29 is 14.6 Å². The average molecular weight is 349 g/mol. The molecular formula is C21H21N2O3-. The first-order valence-electron chi connectivity index (χ1n) is 8.53. The topological polar surface area (TPSA) is 75.1 Å². The van der Waals surface area contributed by atoms with Crippen molar-refractivity contribution in [2.45, 2.75) is 51.6 Å². The summed E-state index contributed by atoms with van der Waals surface area (Å²) >= 11 is 0. The standard InChI is InChI=1S/C21H22N2O3/c1-20(2)13-21(3,4)26-18-10-6-14(11-17(18)20)5-7-15-8-9-16(23-22-15)12-19(24)25/h6,8-11H,12-13H2,1-4H3,(H,24,25)/p-1. The molecule has 0 spiro atoms. The van der Waals surface area contributed by atoms with E-state index in [2.05, 4.69) is 55.8 Å². The fraction of sp³-hybridized carbons (Fsp3) is 0.381. The predicted octanol–water partition coefficient (Wildman–Crippen LogP) is 2.01. The molecule has 0 radical (unpaired) electrons. The van der Waals surface area contributed by atoms with Gasteiger partial charge in [-0.05, 0) is 61.9 Å². The lowest BCUT2D eigenvalue weighted by Gasteiger charge is -2.42. The van der Waals surface area contributed by atoms with Crippen molar-refractivity contribution in [1.82, 2.24) is 10.2 Å². The second-order valence-electron chi connectivity index (χ2n) is 7.84. The molecule has 0 saturated heterocycles. The first-order valence-corrected chi connectivity index (χ1v) is 8.53. The van der Waals surface area contributed by atoms with E-state index in [0.29, 0.717) is 11.4 Å². The molecule has 0 N–H and O–H groups in total. The molecule has 0 unspecified atom stereocenters. The summed E-state index contributed by atoms with van der Waals surface area (Å²) in [5.41, 5.74) is 2.68. The van der Waals surface area contributed by atoms with E-state index >= 15 is 0 Å². The second kappa shape index (κ2) is 6.45. The number of aromatic nitrogens is 2. The Hall–Kier alpha value is -2.87. The summed E-state index contributed by atoms with van der Waals surface area (Å²) in [6.45, 7) is 8.64. The van der Waals surface area contributed by atoms with Crippen molar-refractivity contribution in [3.63, 3.8) is 0 Å². The minimum Gasteiger partial charge on any atom is -0.550 e. The molecule has 2 heterocycles. The Morgan fingerprint density at radius 3 is 2.58 bits per heavy atom. The molecular weight excluding hydrogens is 328 g/mol. The number of hydrogen-bond donors (Lipinski definition) is 0. The minimum atomic E-state index is -1.18. The highest BCUT2D eigenvalue weighted by molar-refractivity contribution is 5.67. The molecule has 1 aliphatic heterocycles. The summed E-state index contributed by atoms with van der Waals surface area (Å²) in [6, 6.07) is 9.22. The number of nitrogens with zero attached hydrogens (tertiary/aromatic N) is 2. The fourth-order valence-electron chi connectivity index (χ4n) is 3.52. The third-order valence-corrected chi connectivity index (χ3v) is 4.34. The molecule has 0 bridgehead atoms. The molecule has 1 aliphatic rings. The van der Waals surface area contributed by atoms with Gasteiger partial charge < -0.3 is 14.6 Å². The van der Waals surface area contributed by atoms with Crippen molar-refractivity contribution in [2.75, 3.05) is 0 Å². The van der Waals surface area contributed by atoms with Gasteiger partial charge in [0.25, 0.3) is 0 Å². The van der Waals surface area contributed by atoms with Crippen LogP contribution in [0.3, 0.4) is 0 Å². The van der Waals surface area contributed by atoms with E-state index in [4.69, 9.17) is 4.74 Å². The minimum absolute atomic E-state index is 0.00109. The van der Waals surface area contributed by atoms with E-state index in [9.17, 15) is 9.90 Å². The Kier molecular flexibility index (Phi) is 4.45. The van der Waals surface area contributed by atoms with Crippen molar-refractivity contribution in [1.29, 1.82) is 0 Å². The molecule has 5 nitrogen and oxygen atoms in total. The van der Waals surface area contributed by atoms with Crippen LogP contribution in [0.5, 0.6) is 5.75 Å². The van der Waals surface area contributed by atoms with E-state index in [-0.39, 0.29) is 17.4 Å². The summed E-state index contributed by atoms with van der Waals surface area (Å²) in [4.78, 5) is 10.6.